The minimum absolute atomic E-state index is 0.402. The van der Waals surface area contributed by atoms with Crippen LogP contribution in [0, 0.1) is 0 Å². The van der Waals surface area contributed by atoms with E-state index in [1.165, 1.54) is 11.1 Å². The number of hydrogen-bond donors (Lipinski definition) is 1. The van der Waals surface area contributed by atoms with Gasteiger partial charge in [0, 0.05) is 24.9 Å². The first-order valence-corrected chi connectivity index (χ1v) is 7.41. The molecule has 4 nitrogen and oxygen atoms in total. The van der Waals surface area contributed by atoms with E-state index >= 15 is 0 Å². The van der Waals surface area contributed by atoms with Gasteiger partial charge in [-0.2, -0.15) is 0 Å². The molecule has 2 rings (SSSR count). The summed E-state index contributed by atoms with van der Waals surface area (Å²) in [5.74, 6) is 1.26. The molecular weight excluding hydrogens is 262 g/mol. The van der Waals surface area contributed by atoms with Gasteiger partial charge in [0.15, 0.2) is 0 Å². The van der Waals surface area contributed by atoms with Gasteiger partial charge in [0.2, 0.25) is 0 Å². The van der Waals surface area contributed by atoms with Crippen molar-refractivity contribution in [1.82, 2.24) is 9.97 Å². The highest BCUT2D eigenvalue weighted by Gasteiger charge is 2.05. The number of ether oxygens (including phenoxy) is 1. The van der Waals surface area contributed by atoms with E-state index in [2.05, 4.69) is 41.3 Å². The standard InChI is InChI=1S/C17H23N3O/c1-4-21-11-15-8-6-5-7-14(15)10-18-17-9-16(13(2)3)19-12-20-17/h5-9,12-13H,4,10-11H2,1-3H3,(H,18,19,20). The average molecular weight is 285 g/mol. The molecule has 0 aliphatic rings. The Morgan fingerprint density at radius 1 is 1.14 bits per heavy atom. The number of rotatable bonds is 7. The molecule has 4 heteroatoms. The van der Waals surface area contributed by atoms with E-state index < -0.39 is 0 Å². The molecule has 0 saturated heterocycles. The fraction of sp³-hybridized carbons (Fsp3) is 0.412. The lowest BCUT2D eigenvalue weighted by atomic mass is 10.1. The third kappa shape index (κ3) is 4.53. The Morgan fingerprint density at radius 2 is 1.90 bits per heavy atom. The van der Waals surface area contributed by atoms with Gasteiger partial charge >= 0.3 is 0 Å². The lowest BCUT2D eigenvalue weighted by Crippen LogP contribution is -2.06. The Balaban J connectivity index is 2.04. The molecule has 0 spiro atoms. The molecule has 2 aromatic rings. The van der Waals surface area contributed by atoms with Crippen molar-refractivity contribution in [1.29, 1.82) is 0 Å². The summed E-state index contributed by atoms with van der Waals surface area (Å²) >= 11 is 0. The maximum Gasteiger partial charge on any atom is 0.129 e. The Kier molecular flexibility index (Phi) is 5.69. The first kappa shape index (κ1) is 15.4. The van der Waals surface area contributed by atoms with Crippen LogP contribution >= 0.6 is 0 Å². The SMILES string of the molecule is CCOCc1ccccc1CNc1cc(C(C)C)ncn1. The summed E-state index contributed by atoms with van der Waals surface area (Å²) in [6, 6.07) is 10.3. The monoisotopic (exact) mass is 285 g/mol. The predicted molar refractivity (Wildman–Crippen MR) is 85.2 cm³/mol. The van der Waals surface area contributed by atoms with Crippen molar-refractivity contribution < 1.29 is 4.74 Å². The minimum atomic E-state index is 0.402. The van der Waals surface area contributed by atoms with Crippen LogP contribution in [-0.2, 0) is 17.9 Å². The highest BCUT2D eigenvalue weighted by atomic mass is 16.5. The van der Waals surface area contributed by atoms with E-state index in [-0.39, 0.29) is 0 Å². The molecule has 0 bridgehead atoms. The molecule has 1 heterocycles. The van der Waals surface area contributed by atoms with Crippen molar-refractivity contribution in [2.75, 3.05) is 11.9 Å². The third-order valence-electron chi connectivity index (χ3n) is 3.32. The van der Waals surface area contributed by atoms with Crippen LogP contribution in [0.25, 0.3) is 0 Å². The molecule has 0 radical (unpaired) electrons. The lowest BCUT2D eigenvalue weighted by Gasteiger charge is -2.12. The van der Waals surface area contributed by atoms with Crippen LogP contribution in [0.5, 0.6) is 0 Å². The summed E-state index contributed by atoms with van der Waals surface area (Å²) in [6.45, 7) is 8.38. The first-order chi connectivity index (χ1) is 10.2. The summed E-state index contributed by atoms with van der Waals surface area (Å²) in [7, 11) is 0. The number of nitrogens with zero attached hydrogens (tertiary/aromatic N) is 2. The molecule has 1 N–H and O–H groups in total. The van der Waals surface area contributed by atoms with Gasteiger partial charge in [0.25, 0.3) is 0 Å². The van der Waals surface area contributed by atoms with Crippen LogP contribution in [0.3, 0.4) is 0 Å². The third-order valence-corrected chi connectivity index (χ3v) is 3.32. The van der Waals surface area contributed by atoms with Gasteiger partial charge in [-0.1, -0.05) is 38.1 Å². The van der Waals surface area contributed by atoms with Gasteiger partial charge < -0.3 is 10.1 Å². The highest BCUT2D eigenvalue weighted by Crippen LogP contribution is 2.16. The average Bonchev–Trinajstić information content (AvgIpc) is 2.52. The van der Waals surface area contributed by atoms with Gasteiger partial charge in [-0.25, -0.2) is 9.97 Å². The molecule has 0 fully saturated rings. The summed E-state index contributed by atoms with van der Waals surface area (Å²) in [6.07, 6.45) is 1.61. The summed E-state index contributed by atoms with van der Waals surface area (Å²) in [5.41, 5.74) is 3.50. The molecule has 0 atom stereocenters. The van der Waals surface area contributed by atoms with Gasteiger partial charge in [0.05, 0.1) is 6.61 Å². The zero-order valence-corrected chi connectivity index (χ0v) is 13.0. The van der Waals surface area contributed by atoms with Crippen molar-refractivity contribution >= 4 is 5.82 Å². The molecule has 1 aromatic carbocycles. The van der Waals surface area contributed by atoms with E-state index in [9.17, 15) is 0 Å². The fourth-order valence-electron chi connectivity index (χ4n) is 2.05. The summed E-state index contributed by atoms with van der Waals surface area (Å²) in [5, 5.41) is 3.37. The number of nitrogens with one attached hydrogen (secondary N) is 1. The quantitative estimate of drug-likeness (QED) is 0.841. The number of anilines is 1. The fourth-order valence-corrected chi connectivity index (χ4v) is 2.05. The van der Waals surface area contributed by atoms with Crippen molar-refractivity contribution in [3.63, 3.8) is 0 Å². The Bertz CT molecular complexity index is 569. The van der Waals surface area contributed by atoms with Crippen molar-refractivity contribution in [2.24, 2.45) is 0 Å². The van der Waals surface area contributed by atoms with Crippen molar-refractivity contribution in [3.05, 3.63) is 53.5 Å². The molecule has 0 amide bonds. The normalized spacial score (nSPS) is 10.9. The number of aromatic nitrogens is 2. The van der Waals surface area contributed by atoms with Crippen LogP contribution in [-0.4, -0.2) is 16.6 Å². The van der Waals surface area contributed by atoms with Gasteiger partial charge in [0.1, 0.15) is 12.1 Å². The molecule has 0 aliphatic carbocycles. The second kappa shape index (κ2) is 7.74. The molecule has 1 aromatic heterocycles. The topological polar surface area (TPSA) is 47.0 Å². The van der Waals surface area contributed by atoms with Gasteiger partial charge in [-0.15, -0.1) is 0 Å². The maximum absolute atomic E-state index is 5.51. The molecule has 0 aliphatic heterocycles. The van der Waals surface area contributed by atoms with Crippen molar-refractivity contribution in [2.45, 2.75) is 39.8 Å². The van der Waals surface area contributed by atoms with Gasteiger partial charge in [-0.05, 0) is 24.0 Å². The van der Waals surface area contributed by atoms with Crippen LogP contribution in [0.4, 0.5) is 5.82 Å². The second-order valence-corrected chi connectivity index (χ2v) is 5.24. The van der Waals surface area contributed by atoms with Gasteiger partial charge in [-0.3, -0.25) is 0 Å². The summed E-state index contributed by atoms with van der Waals surface area (Å²) < 4.78 is 5.51. The molecular formula is C17H23N3O. The Labute approximate surface area is 126 Å². The minimum Gasteiger partial charge on any atom is -0.377 e. The largest absolute Gasteiger partial charge is 0.377 e. The lowest BCUT2D eigenvalue weighted by molar-refractivity contribution is 0.133. The summed E-state index contributed by atoms with van der Waals surface area (Å²) in [4.78, 5) is 8.56. The second-order valence-electron chi connectivity index (χ2n) is 5.24. The van der Waals surface area contributed by atoms with E-state index in [0.717, 1.165) is 24.7 Å². The Morgan fingerprint density at radius 3 is 2.62 bits per heavy atom. The number of hydrogen-bond acceptors (Lipinski definition) is 4. The Hall–Kier alpha value is -1.94. The van der Waals surface area contributed by atoms with E-state index in [4.69, 9.17) is 4.74 Å². The molecule has 0 unspecified atom stereocenters. The first-order valence-electron chi connectivity index (χ1n) is 7.41. The van der Waals surface area contributed by atoms with Crippen LogP contribution < -0.4 is 5.32 Å². The maximum atomic E-state index is 5.51. The smallest absolute Gasteiger partial charge is 0.129 e. The molecule has 21 heavy (non-hydrogen) atoms. The van der Waals surface area contributed by atoms with E-state index in [1.807, 2.05) is 25.1 Å². The van der Waals surface area contributed by atoms with Crippen LogP contribution in [0.1, 0.15) is 43.5 Å². The van der Waals surface area contributed by atoms with Crippen LogP contribution in [0.2, 0.25) is 0 Å². The molecule has 112 valence electrons. The van der Waals surface area contributed by atoms with E-state index in [0.29, 0.717) is 12.5 Å². The predicted octanol–water partition coefficient (Wildman–Crippen LogP) is 3.75. The molecule has 0 saturated carbocycles. The van der Waals surface area contributed by atoms with Crippen LogP contribution in [0.15, 0.2) is 36.7 Å². The zero-order chi connectivity index (χ0) is 15.1. The zero-order valence-electron chi connectivity index (χ0n) is 13.0. The highest BCUT2D eigenvalue weighted by molar-refractivity contribution is 5.38. The number of benzene rings is 1. The van der Waals surface area contributed by atoms with E-state index in [1.54, 1.807) is 6.33 Å². The van der Waals surface area contributed by atoms with Crippen molar-refractivity contribution in [3.8, 4) is 0 Å².